The molecule has 0 saturated carbocycles. The van der Waals surface area contributed by atoms with Gasteiger partial charge in [-0.25, -0.2) is 8.42 Å². The number of aromatic amines is 1. The Bertz CT molecular complexity index is 723. The van der Waals surface area contributed by atoms with Crippen molar-refractivity contribution >= 4 is 33.0 Å². The van der Waals surface area contributed by atoms with Crippen molar-refractivity contribution in [3.63, 3.8) is 0 Å². The standard InChI is InChI=1S/C11H11ClN2O3S2/c1-14(7-8-3-2-4-18-8)19(16,17)9-5-10(12)11(15)13-6-9/h2-6H,7H2,1H3,(H,13,15). The number of pyridine rings is 1. The maximum Gasteiger partial charge on any atom is 0.266 e. The first-order valence-electron chi connectivity index (χ1n) is 5.28. The third-order valence-electron chi connectivity index (χ3n) is 2.50. The third-order valence-corrected chi connectivity index (χ3v) is 5.42. The van der Waals surface area contributed by atoms with Gasteiger partial charge in [0.2, 0.25) is 10.0 Å². The van der Waals surface area contributed by atoms with Crippen LogP contribution in [0, 0.1) is 0 Å². The number of H-pyrrole nitrogens is 1. The summed E-state index contributed by atoms with van der Waals surface area (Å²) < 4.78 is 25.8. The number of aromatic nitrogens is 1. The number of nitrogens with one attached hydrogen (secondary N) is 1. The first-order chi connectivity index (χ1) is 8.91. The lowest BCUT2D eigenvalue weighted by Gasteiger charge is -2.16. The molecule has 0 aliphatic carbocycles. The maximum absolute atomic E-state index is 12.3. The van der Waals surface area contributed by atoms with Gasteiger partial charge in [-0.15, -0.1) is 11.3 Å². The van der Waals surface area contributed by atoms with Gasteiger partial charge in [-0.3, -0.25) is 4.79 Å². The minimum absolute atomic E-state index is 0.0313. The average molecular weight is 319 g/mol. The summed E-state index contributed by atoms with van der Waals surface area (Å²) in [6.07, 6.45) is 1.15. The molecule has 0 atom stereocenters. The highest BCUT2D eigenvalue weighted by molar-refractivity contribution is 7.89. The molecular formula is C11H11ClN2O3S2. The first kappa shape index (κ1) is 14.3. The summed E-state index contributed by atoms with van der Waals surface area (Å²) in [5.74, 6) is 0. The zero-order chi connectivity index (χ0) is 14.0. The quantitative estimate of drug-likeness (QED) is 0.936. The van der Waals surface area contributed by atoms with E-state index in [-0.39, 0.29) is 16.5 Å². The molecule has 8 heteroatoms. The van der Waals surface area contributed by atoms with Gasteiger partial charge in [0.25, 0.3) is 5.56 Å². The molecule has 0 saturated heterocycles. The number of hydrogen-bond acceptors (Lipinski definition) is 4. The minimum atomic E-state index is -3.67. The van der Waals surface area contributed by atoms with E-state index >= 15 is 0 Å². The predicted octanol–water partition coefficient (Wildman–Crippen LogP) is 1.91. The fraction of sp³-hybridized carbons (Fsp3) is 0.182. The van der Waals surface area contributed by atoms with E-state index in [1.165, 1.54) is 22.7 Å². The van der Waals surface area contributed by atoms with Crippen LogP contribution in [-0.2, 0) is 16.6 Å². The highest BCUT2D eigenvalue weighted by Crippen LogP contribution is 2.19. The number of sulfonamides is 1. The first-order valence-corrected chi connectivity index (χ1v) is 7.98. The normalized spacial score (nSPS) is 11.9. The number of hydrogen-bond donors (Lipinski definition) is 1. The van der Waals surface area contributed by atoms with Crippen molar-refractivity contribution in [3.05, 3.63) is 50.0 Å². The van der Waals surface area contributed by atoms with Crippen LogP contribution >= 0.6 is 22.9 Å². The van der Waals surface area contributed by atoms with E-state index in [2.05, 4.69) is 4.98 Å². The second kappa shape index (κ2) is 5.46. The molecule has 0 spiro atoms. The lowest BCUT2D eigenvalue weighted by Crippen LogP contribution is -2.27. The Balaban J connectivity index is 2.31. The van der Waals surface area contributed by atoms with E-state index in [0.717, 1.165) is 17.1 Å². The van der Waals surface area contributed by atoms with Crippen LogP contribution in [0.3, 0.4) is 0 Å². The van der Waals surface area contributed by atoms with Crippen LogP contribution in [0.15, 0.2) is 39.5 Å². The monoisotopic (exact) mass is 318 g/mol. The fourth-order valence-electron chi connectivity index (χ4n) is 1.47. The van der Waals surface area contributed by atoms with Gasteiger partial charge in [-0.1, -0.05) is 17.7 Å². The van der Waals surface area contributed by atoms with Gasteiger partial charge in [-0.2, -0.15) is 4.31 Å². The largest absolute Gasteiger partial charge is 0.326 e. The second-order valence-corrected chi connectivity index (χ2v) is 7.34. The van der Waals surface area contributed by atoms with Gasteiger partial charge >= 0.3 is 0 Å². The van der Waals surface area contributed by atoms with Gasteiger partial charge < -0.3 is 4.98 Å². The van der Waals surface area contributed by atoms with Crippen molar-refractivity contribution < 1.29 is 8.42 Å². The van der Waals surface area contributed by atoms with Crippen molar-refractivity contribution in [1.29, 1.82) is 0 Å². The van der Waals surface area contributed by atoms with Crippen molar-refractivity contribution in [3.8, 4) is 0 Å². The highest BCUT2D eigenvalue weighted by Gasteiger charge is 2.22. The molecule has 2 aromatic rings. The molecule has 0 radical (unpaired) electrons. The van der Waals surface area contributed by atoms with Crippen molar-refractivity contribution in [1.82, 2.24) is 9.29 Å². The summed E-state index contributed by atoms with van der Waals surface area (Å²) in [5.41, 5.74) is -0.512. The SMILES string of the molecule is CN(Cc1cccs1)S(=O)(=O)c1c[nH]c(=O)c(Cl)c1. The molecule has 102 valence electrons. The molecule has 2 rings (SSSR count). The van der Waals surface area contributed by atoms with Crippen LogP contribution in [0.2, 0.25) is 5.02 Å². The molecule has 0 bridgehead atoms. The molecule has 0 amide bonds. The Morgan fingerprint density at radius 1 is 1.47 bits per heavy atom. The fourth-order valence-corrected chi connectivity index (χ4v) is 3.69. The lowest BCUT2D eigenvalue weighted by atomic mass is 10.5. The Hall–Kier alpha value is -1.15. The Kier molecular flexibility index (Phi) is 4.10. The van der Waals surface area contributed by atoms with Crippen LogP contribution < -0.4 is 5.56 Å². The predicted molar refractivity (Wildman–Crippen MR) is 75.0 cm³/mol. The topological polar surface area (TPSA) is 70.2 Å². The molecule has 2 heterocycles. The zero-order valence-corrected chi connectivity index (χ0v) is 12.3. The molecule has 0 aliphatic heterocycles. The smallest absolute Gasteiger partial charge is 0.266 e. The molecule has 19 heavy (non-hydrogen) atoms. The third kappa shape index (κ3) is 3.06. The van der Waals surface area contributed by atoms with E-state index in [1.807, 2.05) is 17.5 Å². The van der Waals surface area contributed by atoms with Gasteiger partial charge in [-0.05, 0) is 17.5 Å². The number of rotatable bonds is 4. The summed E-state index contributed by atoms with van der Waals surface area (Å²) in [6.45, 7) is 0.275. The van der Waals surface area contributed by atoms with E-state index in [4.69, 9.17) is 11.6 Å². The van der Waals surface area contributed by atoms with Gasteiger partial charge in [0.15, 0.2) is 0 Å². The summed E-state index contributed by atoms with van der Waals surface area (Å²) >= 11 is 7.12. The van der Waals surface area contributed by atoms with Gasteiger partial charge in [0, 0.05) is 24.7 Å². The van der Waals surface area contributed by atoms with E-state index in [0.29, 0.717) is 0 Å². The maximum atomic E-state index is 12.3. The highest BCUT2D eigenvalue weighted by atomic mass is 35.5. The molecule has 0 aromatic carbocycles. The number of thiophene rings is 1. The van der Waals surface area contributed by atoms with Crippen molar-refractivity contribution in [2.24, 2.45) is 0 Å². The number of halogens is 1. The molecular weight excluding hydrogens is 308 g/mol. The van der Waals surface area contributed by atoms with Crippen LogP contribution in [0.5, 0.6) is 0 Å². The summed E-state index contributed by atoms with van der Waals surface area (Å²) in [5, 5.41) is 1.73. The van der Waals surface area contributed by atoms with Crippen LogP contribution in [0.25, 0.3) is 0 Å². The summed E-state index contributed by atoms with van der Waals surface area (Å²) in [4.78, 5) is 14.3. The summed E-state index contributed by atoms with van der Waals surface area (Å²) in [7, 11) is -2.19. The lowest BCUT2D eigenvalue weighted by molar-refractivity contribution is 0.469. The molecule has 0 fully saturated rings. The molecule has 0 unspecified atom stereocenters. The van der Waals surface area contributed by atoms with Crippen LogP contribution in [0.4, 0.5) is 0 Å². The molecule has 5 nitrogen and oxygen atoms in total. The zero-order valence-electron chi connectivity index (χ0n) is 9.96. The number of nitrogens with zero attached hydrogens (tertiary/aromatic N) is 1. The second-order valence-electron chi connectivity index (χ2n) is 3.85. The Labute approximate surface area is 119 Å². The Morgan fingerprint density at radius 3 is 2.79 bits per heavy atom. The van der Waals surface area contributed by atoms with E-state index in [9.17, 15) is 13.2 Å². The van der Waals surface area contributed by atoms with Gasteiger partial charge in [0.1, 0.15) is 5.02 Å². The molecule has 0 aliphatic rings. The molecule has 1 N–H and O–H groups in total. The van der Waals surface area contributed by atoms with Crippen LogP contribution in [-0.4, -0.2) is 24.8 Å². The average Bonchev–Trinajstić information content (AvgIpc) is 2.85. The van der Waals surface area contributed by atoms with E-state index in [1.54, 1.807) is 0 Å². The van der Waals surface area contributed by atoms with Crippen LogP contribution in [0.1, 0.15) is 4.88 Å². The Morgan fingerprint density at radius 2 is 2.21 bits per heavy atom. The summed E-state index contributed by atoms with van der Waals surface area (Å²) in [6, 6.07) is 4.87. The minimum Gasteiger partial charge on any atom is -0.326 e. The van der Waals surface area contributed by atoms with Gasteiger partial charge in [0.05, 0.1) is 4.90 Å². The van der Waals surface area contributed by atoms with E-state index < -0.39 is 15.6 Å². The molecule has 2 aromatic heterocycles. The van der Waals surface area contributed by atoms with Crippen molar-refractivity contribution in [2.75, 3.05) is 7.05 Å². The van der Waals surface area contributed by atoms with Crippen molar-refractivity contribution in [2.45, 2.75) is 11.4 Å².